The number of rotatable bonds is 5. The lowest BCUT2D eigenvalue weighted by atomic mass is 10.0. The fourth-order valence-corrected chi connectivity index (χ4v) is 4.21. The highest BCUT2D eigenvalue weighted by Crippen LogP contribution is 2.21. The Labute approximate surface area is 118 Å². The van der Waals surface area contributed by atoms with Gasteiger partial charge in [-0.15, -0.1) is 0 Å². The van der Waals surface area contributed by atoms with Gasteiger partial charge in [-0.05, 0) is 37.9 Å². The highest BCUT2D eigenvalue weighted by atomic mass is 32.2. The van der Waals surface area contributed by atoms with Crippen molar-refractivity contribution < 1.29 is 8.95 Å². The lowest BCUT2D eigenvalue weighted by molar-refractivity contribution is 0.0992. The van der Waals surface area contributed by atoms with Gasteiger partial charge < -0.3 is 10.1 Å². The van der Waals surface area contributed by atoms with Gasteiger partial charge in [-0.25, -0.2) is 0 Å². The Bertz CT molecular complexity index is 430. The van der Waals surface area contributed by atoms with Gasteiger partial charge in [0.2, 0.25) is 0 Å². The molecule has 0 aliphatic carbocycles. The van der Waals surface area contributed by atoms with E-state index in [0.717, 1.165) is 26.1 Å². The van der Waals surface area contributed by atoms with Crippen LogP contribution in [0.1, 0.15) is 30.0 Å². The Morgan fingerprint density at radius 1 is 1.37 bits per heavy atom. The first kappa shape index (κ1) is 14.7. The lowest BCUT2D eigenvalue weighted by Crippen LogP contribution is -2.31. The van der Waals surface area contributed by atoms with Gasteiger partial charge in [0.25, 0.3) is 0 Å². The monoisotopic (exact) mass is 281 g/mol. The maximum Gasteiger partial charge on any atom is 0.0477 e. The van der Waals surface area contributed by atoms with E-state index in [0.29, 0.717) is 11.0 Å². The van der Waals surface area contributed by atoms with Gasteiger partial charge >= 0.3 is 0 Å². The Hall–Kier alpha value is -0.710. The SMILES string of the molecule is CNC(CS(=O)C1CCOCC1)c1ccccc1C. The van der Waals surface area contributed by atoms with Crippen molar-refractivity contribution in [2.24, 2.45) is 0 Å². The topological polar surface area (TPSA) is 38.3 Å². The summed E-state index contributed by atoms with van der Waals surface area (Å²) in [5.74, 6) is 0.687. The van der Waals surface area contributed by atoms with Gasteiger partial charge in [-0.3, -0.25) is 4.21 Å². The highest BCUT2D eigenvalue weighted by molar-refractivity contribution is 7.85. The fourth-order valence-electron chi connectivity index (χ4n) is 2.55. The normalized spacial score (nSPS) is 20.1. The van der Waals surface area contributed by atoms with Crippen LogP contribution in [-0.2, 0) is 15.5 Å². The summed E-state index contributed by atoms with van der Waals surface area (Å²) in [5, 5.41) is 3.60. The van der Waals surface area contributed by atoms with Crippen LogP contribution in [0.25, 0.3) is 0 Å². The molecule has 0 bridgehead atoms. The summed E-state index contributed by atoms with van der Waals surface area (Å²) in [7, 11) is 1.16. The van der Waals surface area contributed by atoms with Gasteiger partial charge in [0.15, 0.2) is 0 Å². The fraction of sp³-hybridized carbons (Fsp3) is 0.600. The van der Waals surface area contributed by atoms with Crippen LogP contribution in [0.15, 0.2) is 24.3 Å². The zero-order valence-corrected chi connectivity index (χ0v) is 12.5. The van der Waals surface area contributed by atoms with Crippen molar-refractivity contribution in [3.05, 3.63) is 35.4 Å². The van der Waals surface area contributed by atoms with Crippen molar-refractivity contribution in [2.45, 2.75) is 31.1 Å². The first-order valence-corrected chi connectivity index (χ1v) is 8.28. The van der Waals surface area contributed by atoms with Crippen LogP contribution in [0.2, 0.25) is 0 Å². The van der Waals surface area contributed by atoms with E-state index in [4.69, 9.17) is 4.74 Å². The molecule has 0 radical (unpaired) electrons. The van der Waals surface area contributed by atoms with E-state index in [1.807, 2.05) is 19.2 Å². The molecule has 1 N–H and O–H groups in total. The van der Waals surface area contributed by atoms with E-state index in [1.54, 1.807) is 0 Å². The number of ether oxygens (including phenoxy) is 1. The third-order valence-corrected chi connectivity index (χ3v) is 5.66. The number of hydrogen-bond donors (Lipinski definition) is 1. The van der Waals surface area contributed by atoms with Gasteiger partial charge in [0, 0.05) is 41.1 Å². The summed E-state index contributed by atoms with van der Waals surface area (Å²) in [5.41, 5.74) is 2.51. The minimum atomic E-state index is -0.788. The Morgan fingerprint density at radius 2 is 2.05 bits per heavy atom. The first-order valence-electron chi connectivity index (χ1n) is 6.90. The molecule has 1 aliphatic heterocycles. The van der Waals surface area contributed by atoms with Crippen LogP contribution < -0.4 is 5.32 Å². The average molecular weight is 281 g/mol. The summed E-state index contributed by atoms with van der Waals surface area (Å²) in [4.78, 5) is 0. The molecule has 1 fully saturated rings. The van der Waals surface area contributed by atoms with Crippen molar-refractivity contribution in [1.29, 1.82) is 0 Å². The standard InChI is InChI=1S/C15H23NO2S/c1-12-5-3-4-6-14(12)15(16-2)11-19(17)13-7-9-18-10-8-13/h3-6,13,15-16H,7-11H2,1-2H3. The van der Waals surface area contributed by atoms with Crippen LogP contribution in [0.5, 0.6) is 0 Å². The molecular formula is C15H23NO2S. The molecule has 1 aliphatic rings. The maximum absolute atomic E-state index is 12.5. The number of hydrogen-bond acceptors (Lipinski definition) is 3. The minimum Gasteiger partial charge on any atom is -0.381 e. The third kappa shape index (κ3) is 3.88. The van der Waals surface area contributed by atoms with E-state index in [1.165, 1.54) is 11.1 Å². The molecule has 1 heterocycles. The van der Waals surface area contributed by atoms with Crippen LogP contribution in [-0.4, -0.2) is 35.5 Å². The number of nitrogens with one attached hydrogen (secondary N) is 1. The van der Waals surface area contributed by atoms with Crippen LogP contribution in [0.4, 0.5) is 0 Å². The largest absolute Gasteiger partial charge is 0.381 e. The van der Waals surface area contributed by atoms with Crippen LogP contribution in [0, 0.1) is 6.92 Å². The predicted molar refractivity (Wildman–Crippen MR) is 79.8 cm³/mol. The number of aryl methyl sites for hydroxylation is 1. The molecule has 2 unspecified atom stereocenters. The summed E-state index contributed by atoms with van der Waals surface area (Å²) >= 11 is 0. The molecule has 3 nitrogen and oxygen atoms in total. The molecule has 2 atom stereocenters. The van der Waals surface area contributed by atoms with E-state index in [-0.39, 0.29) is 6.04 Å². The Kier molecular flexibility index (Phi) is 5.55. The van der Waals surface area contributed by atoms with Gasteiger partial charge in [-0.2, -0.15) is 0 Å². The van der Waals surface area contributed by atoms with Crippen molar-refractivity contribution in [1.82, 2.24) is 5.32 Å². The molecule has 0 spiro atoms. The second kappa shape index (κ2) is 7.17. The quantitative estimate of drug-likeness (QED) is 0.899. The Balaban J connectivity index is 2.02. The van der Waals surface area contributed by atoms with Crippen molar-refractivity contribution in [3.63, 3.8) is 0 Å². The maximum atomic E-state index is 12.5. The summed E-state index contributed by atoms with van der Waals surface area (Å²) < 4.78 is 17.8. The zero-order chi connectivity index (χ0) is 13.7. The molecule has 2 rings (SSSR count). The van der Waals surface area contributed by atoms with Crippen LogP contribution in [0.3, 0.4) is 0 Å². The molecule has 106 valence electrons. The second-order valence-electron chi connectivity index (χ2n) is 5.06. The molecule has 4 heteroatoms. The highest BCUT2D eigenvalue weighted by Gasteiger charge is 2.23. The Morgan fingerprint density at radius 3 is 2.68 bits per heavy atom. The van der Waals surface area contributed by atoms with Crippen molar-refractivity contribution in [3.8, 4) is 0 Å². The third-order valence-electron chi connectivity index (χ3n) is 3.78. The predicted octanol–water partition coefficient (Wildman–Crippen LogP) is 2.18. The van der Waals surface area contributed by atoms with Crippen LogP contribution >= 0.6 is 0 Å². The molecule has 0 saturated carbocycles. The van der Waals surface area contributed by atoms with E-state index >= 15 is 0 Å². The van der Waals surface area contributed by atoms with Gasteiger partial charge in [0.1, 0.15) is 0 Å². The van der Waals surface area contributed by atoms with E-state index in [9.17, 15) is 4.21 Å². The van der Waals surface area contributed by atoms with E-state index in [2.05, 4.69) is 24.4 Å². The lowest BCUT2D eigenvalue weighted by Gasteiger charge is -2.25. The summed E-state index contributed by atoms with van der Waals surface area (Å²) in [6, 6.07) is 8.49. The molecule has 1 aromatic carbocycles. The van der Waals surface area contributed by atoms with Crippen molar-refractivity contribution in [2.75, 3.05) is 26.0 Å². The molecule has 19 heavy (non-hydrogen) atoms. The average Bonchev–Trinajstić information content (AvgIpc) is 2.46. The van der Waals surface area contributed by atoms with Crippen molar-refractivity contribution >= 4 is 10.8 Å². The smallest absolute Gasteiger partial charge is 0.0477 e. The first-order chi connectivity index (χ1) is 9.22. The number of benzene rings is 1. The zero-order valence-electron chi connectivity index (χ0n) is 11.7. The van der Waals surface area contributed by atoms with E-state index < -0.39 is 10.8 Å². The van der Waals surface area contributed by atoms with Gasteiger partial charge in [-0.1, -0.05) is 24.3 Å². The minimum absolute atomic E-state index is 0.171. The molecule has 1 saturated heterocycles. The molecule has 0 amide bonds. The molecule has 1 aromatic rings. The second-order valence-corrected chi connectivity index (χ2v) is 6.82. The molecular weight excluding hydrogens is 258 g/mol. The van der Waals surface area contributed by atoms with Gasteiger partial charge in [0.05, 0.1) is 0 Å². The molecule has 0 aromatic heterocycles. The summed E-state index contributed by atoms with van der Waals surface area (Å²) in [6.07, 6.45) is 1.85. The summed E-state index contributed by atoms with van der Waals surface area (Å²) in [6.45, 7) is 3.62.